The van der Waals surface area contributed by atoms with Crippen LogP contribution in [0.2, 0.25) is 0 Å². The summed E-state index contributed by atoms with van der Waals surface area (Å²) in [6.45, 7) is 5.50. The predicted octanol–water partition coefficient (Wildman–Crippen LogP) is 2.29. The Bertz CT molecular complexity index is 461. The lowest BCUT2D eigenvalue weighted by Gasteiger charge is -2.33. The highest BCUT2D eigenvalue weighted by Crippen LogP contribution is 2.22. The number of aryl methyl sites for hydroxylation is 1. The fourth-order valence-corrected chi connectivity index (χ4v) is 2.91. The largest absolute Gasteiger partial charge is 0.387 e. The van der Waals surface area contributed by atoms with E-state index >= 15 is 0 Å². The third-order valence-corrected chi connectivity index (χ3v) is 4.20. The van der Waals surface area contributed by atoms with Crippen molar-refractivity contribution in [3.05, 3.63) is 35.1 Å². The van der Waals surface area contributed by atoms with Gasteiger partial charge in [0.25, 0.3) is 0 Å². The van der Waals surface area contributed by atoms with E-state index in [4.69, 9.17) is 9.47 Å². The summed E-state index contributed by atoms with van der Waals surface area (Å²) in [6, 6.07) is 4.55. The Kier molecular flexibility index (Phi) is 6.76. The molecule has 1 atom stereocenters. The fraction of sp³-hybridized carbons (Fsp3) is 0.647. The predicted molar refractivity (Wildman–Crippen MR) is 83.4 cm³/mol. The maximum absolute atomic E-state index is 13.1. The molecule has 5 heteroatoms. The molecule has 1 fully saturated rings. The van der Waals surface area contributed by atoms with Gasteiger partial charge in [-0.05, 0) is 43.0 Å². The zero-order chi connectivity index (χ0) is 15.9. The summed E-state index contributed by atoms with van der Waals surface area (Å²) in [5.74, 6) is -0.262. The molecule has 0 aromatic heterocycles. The molecule has 0 saturated carbocycles. The third kappa shape index (κ3) is 5.02. The summed E-state index contributed by atoms with van der Waals surface area (Å²) in [5.41, 5.74) is 1.60. The zero-order valence-corrected chi connectivity index (χ0v) is 13.4. The van der Waals surface area contributed by atoms with Gasteiger partial charge in [-0.2, -0.15) is 0 Å². The standard InChI is InChI=1S/C17H26FNO3/c1-13-11-14(18)3-4-16(13)17(20)12-19-7-5-15(6-8-19)22-10-9-21-2/h3-4,11,15,17,20H,5-10,12H2,1-2H3. The maximum Gasteiger partial charge on any atom is 0.123 e. The minimum absolute atomic E-state index is 0.262. The highest BCUT2D eigenvalue weighted by atomic mass is 19.1. The van der Waals surface area contributed by atoms with Crippen molar-refractivity contribution in [2.24, 2.45) is 0 Å². The number of aliphatic hydroxyl groups excluding tert-OH is 1. The van der Waals surface area contributed by atoms with Crippen LogP contribution in [0.3, 0.4) is 0 Å². The van der Waals surface area contributed by atoms with Gasteiger partial charge >= 0.3 is 0 Å². The minimum atomic E-state index is -0.577. The second kappa shape index (κ2) is 8.58. The van der Waals surface area contributed by atoms with Crippen molar-refractivity contribution < 1.29 is 19.0 Å². The first-order valence-electron chi connectivity index (χ1n) is 7.87. The van der Waals surface area contributed by atoms with E-state index in [1.807, 2.05) is 6.92 Å². The van der Waals surface area contributed by atoms with Gasteiger partial charge in [0, 0.05) is 26.7 Å². The molecule has 1 unspecified atom stereocenters. The van der Waals surface area contributed by atoms with Crippen LogP contribution in [0.25, 0.3) is 0 Å². The molecule has 0 aliphatic carbocycles. The smallest absolute Gasteiger partial charge is 0.123 e. The number of aliphatic hydroxyl groups is 1. The van der Waals surface area contributed by atoms with Crippen LogP contribution in [0.1, 0.15) is 30.1 Å². The van der Waals surface area contributed by atoms with E-state index in [1.165, 1.54) is 12.1 Å². The number of benzene rings is 1. The number of ether oxygens (including phenoxy) is 2. The maximum atomic E-state index is 13.1. The molecule has 2 rings (SSSR count). The normalized spacial score (nSPS) is 18.5. The van der Waals surface area contributed by atoms with Crippen LogP contribution in [0.15, 0.2) is 18.2 Å². The molecule has 1 N–H and O–H groups in total. The van der Waals surface area contributed by atoms with Crippen LogP contribution in [0, 0.1) is 12.7 Å². The molecule has 4 nitrogen and oxygen atoms in total. The Hall–Kier alpha value is -1.01. The van der Waals surface area contributed by atoms with E-state index in [0.29, 0.717) is 19.8 Å². The quantitative estimate of drug-likeness (QED) is 0.785. The lowest BCUT2D eigenvalue weighted by atomic mass is 10.0. The second-order valence-electron chi connectivity index (χ2n) is 5.88. The third-order valence-electron chi connectivity index (χ3n) is 4.20. The van der Waals surface area contributed by atoms with Gasteiger partial charge in [-0.25, -0.2) is 4.39 Å². The minimum Gasteiger partial charge on any atom is -0.387 e. The number of rotatable bonds is 7. The van der Waals surface area contributed by atoms with Crippen LogP contribution in [-0.2, 0) is 9.47 Å². The summed E-state index contributed by atoms with van der Waals surface area (Å²) in [7, 11) is 1.67. The number of nitrogens with zero attached hydrogens (tertiary/aromatic N) is 1. The first-order chi connectivity index (χ1) is 10.6. The van der Waals surface area contributed by atoms with Gasteiger partial charge in [-0.1, -0.05) is 6.07 Å². The van der Waals surface area contributed by atoms with E-state index in [9.17, 15) is 9.50 Å². The molecular weight excluding hydrogens is 285 g/mol. The SMILES string of the molecule is COCCOC1CCN(CC(O)c2ccc(F)cc2C)CC1. The topological polar surface area (TPSA) is 41.9 Å². The van der Waals surface area contributed by atoms with E-state index in [-0.39, 0.29) is 11.9 Å². The summed E-state index contributed by atoms with van der Waals surface area (Å²) < 4.78 is 23.8. The van der Waals surface area contributed by atoms with Gasteiger partial charge in [0.05, 0.1) is 25.4 Å². The van der Waals surface area contributed by atoms with Gasteiger partial charge < -0.3 is 19.5 Å². The average molecular weight is 311 g/mol. The first kappa shape index (κ1) is 17.3. The Morgan fingerprint density at radius 1 is 1.32 bits per heavy atom. The van der Waals surface area contributed by atoms with Gasteiger partial charge in [0.15, 0.2) is 0 Å². The lowest BCUT2D eigenvalue weighted by molar-refractivity contribution is -0.0208. The van der Waals surface area contributed by atoms with Crippen molar-refractivity contribution in [1.29, 1.82) is 0 Å². The van der Waals surface area contributed by atoms with E-state index in [2.05, 4.69) is 4.90 Å². The molecule has 0 amide bonds. The molecule has 1 aliphatic rings. The van der Waals surface area contributed by atoms with Crippen molar-refractivity contribution in [3.8, 4) is 0 Å². The molecule has 1 saturated heterocycles. The monoisotopic (exact) mass is 311 g/mol. The van der Waals surface area contributed by atoms with E-state index in [1.54, 1.807) is 13.2 Å². The summed E-state index contributed by atoms with van der Waals surface area (Å²) in [5, 5.41) is 10.4. The Labute approximate surface area is 131 Å². The number of hydrogen-bond acceptors (Lipinski definition) is 4. The Morgan fingerprint density at radius 3 is 2.68 bits per heavy atom. The Balaban J connectivity index is 1.78. The highest BCUT2D eigenvalue weighted by molar-refractivity contribution is 5.28. The summed E-state index contributed by atoms with van der Waals surface area (Å²) in [4.78, 5) is 2.24. The van der Waals surface area contributed by atoms with Gasteiger partial charge in [-0.3, -0.25) is 0 Å². The molecule has 124 valence electrons. The van der Waals surface area contributed by atoms with Crippen LogP contribution in [0.4, 0.5) is 4.39 Å². The zero-order valence-electron chi connectivity index (χ0n) is 13.4. The molecule has 0 bridgehead atoms. The number of piperidine rings is 1. The van der Waals surface area contributed by atoms with Gasteiger partial charge in [-0.15, -0.1) is 0 Å². The molecule has 1 aliphatic heterocycles. The summed E-state index contributed by atoms with van der Waals surface area (Å²) in [6.07, 6.45) is 1.65. The van der Waals surface area contributed by atoms with Crippen LogP contribution >= 0.6 is 0 Å². The second-order valence-corrected chi connectivity index (χ2v) is 5.88. The number of methoxy groups -OCH3 is 1. The van der Waals surface area contributed by atoms with E-state index < -0.39 is 6.10 Å². The summed E-state index contributed by atoms with van der Waals surface area (Å²) >= 11 is 0. The molecule has 0 radical (unpaired) electrons. The number of β-amino-alcohol motifs (C(OH)–C–C–N with tert-alkyl or cyclic N) is 1. The molecule has 1 aromatic carbocycles. The highest BCUT2D eigenvalue weighted by Gasteiger charge is 2.22. The molecule has 1 aromatic rings. The van der Waals surface area contributed by atoms with Crippen LogP contribution < -0.4 is 0 Å². The fourth-order valence-electron chi connectivity index (χ4n) is 2.91. The van der Waals surface area contributed by atoms with E-state index in [0.717, 1.165) is 37.1 Å². The number of likely N-dealkylation sites (tertiary alicyclic amines) is 1. The number of halogens is 1. The van der Waals surface area contributed by atoms with Crippen LogP contribution in [0.5, 0.6) is 0 Å². The molecule has 0 spiro atoms. The van der Waals surface area contributed by atoms with Crippen LogP contribution in [-0.4, -0.2) is 56.1 Å². The lowest BCUT2D eigenvalue weighted by Crippen LogP contribution is -2.39. The number of hydrogen-bond donors (Lipinski definition) is 1. The van der Waals surface area contributed by atoms with Crippen molar-refractivity contribution in [3.63, 3.8) is 0 Å². The van der Waals surface area contributed by atoms with Crippen molar-refractivity contribution in [2.45, 2.75) is 32.0 Å². The Morgan fingerprint density at radius 2 is 2.05 bits per heavy atom. The van der Waals surface area contributed by atoms with Crippen molar-refractivity contribution in [2.75, 3.05) is 40.0 Å². The average Bonchev–Trinajstić information content (AvgIpc) is 2.49. The van der Waals surface area contributed by atoms with Gasteiger partial charge in [0.2, 0.25) is 0 Å². The van der Waals surface area contributed by atoms with Crippen molar-refractivity contribution in [1.82, 2.24) is 4.90 Å². The van der Waals surface area contributed by atoms with Gasteiger partial charge in [0.1, 0.15) is 5.82 Å². The van der Waals surface area contributed by atoms with Crippen molar-refractivity contribution >= 4 is 0 Å². The molecule has 1 heterocycles. The first-order valence-corrected chi connectivity index (χ1v) is 7.87. The molecule has 22 heavy (non-hydrogen) atoms. The molecular formula is C17H26FNO3.